The minimum Gasteiger partial charge on any atom is -0.464 e. The SMILES string of the molecule is CCCC(N)C(=O)NC(C)c1ccc(C)o1.Cl. The van der Waals surface area contributed by atoms with E-state index in [2.05, 4.69) is 5.32 Å². The number of nitrogens with two attached hydrogens (primary N) is 1. The molecule has 0 saturated carbocycles. The van der Waals surface area contributed by atoms with Crippen molar-refractivity contribution >= 4 is 18.3 Å². The molecule has 1 rings (SSSR count). The van der Waals surface area contributed by atoms with E-state index in [-0.39, 0.29) is 24.4 Å². The van der Waals surface area contributed by atoms with Gasteiger partial charge < -0.3 is 15.5 Å². The summed E-state index contributed by atoms with van der Waals surface area (Å²) in [5.41, 5.74) is 5.72. The van der Waals surface area contributed by atoms with Gasteiger partial charge in [0.05, 0.1) is 12.1 Å². The van der Waals surface area contributed by atoms with Crippen LogP contribution in [-0.4, -0.2) is 11.9 Å². The Morgan fingerprint density at radius 3 is 2.65 bits per heavy atom. The average molecular weight is 261 g/mol. The summed E-state index contributed by atoms with van der Waals surface area (Å²) in [5.74, 6) is 1.48. The van der Waals surface area contributed by atoms with Crippen LogP contribution in [0.25, 0.3) is 0 Å². The maximum absolute atomic E-state index is 11.6. The molecule has 1 heterocycles. The first-order chi connectivity index (χ1) is 7.54. The largest absolute Gasteiger partial charge is 0.464 e. The topological polar surface area (TPSA) is 68.3 Å². The third kappa shape index (κ3) is 4.79. The van der Waals surface area contributed by atoms with Crippen LogP contribution in [0.1, 0.15) is 44.3 Å². The van der Waals surface area contributed by atoms with Crippen LogP contribution < -0.4 is 11.1 Å². The molecule has 0 fully saturated rings. The van der Waals surface area contributed by atoms with Gasteiger partial charge in [0.25, 0.3) is 0 Å². The summed E-state index contributed by atoms with van der Waals surface area (Å²) in [5, 5.41) is 2.84. The monoisotopic (exact) mass is 260 g/mol. The molecule has 0 radical (unpaired) electrons. The van der Waals surface area contributed by atoms with Crippen molar-refractivity contribution in [1.82, 2.24) is 5.32 Å². The highest BCUT2D eigenvalue weighted by atomic mass is 35.5. The van der Waals surface area contributed by atoms with Gasteiger partial charge in [-0.05, 0) is 32.4 Å². The number of rotatable bonds is 5. The lowest BCUT2D eigenvalue weighted by atomic mass is 10.1. The first kappa shape index (κ1) is 16.0. The fourth-order valence-corrected chi connectivity index (χ4v) is 1.52. The van der Waals surface area contributed by atoms with Gasteiger partial charge in [0, 0.05) is 0 Å². The average Bonchev–Trinajstić information content (AvgIpc) is 2.65. The highest BCUT2D eigenvalue weighted by molar-refractivity contribution is 5.85. The first-order valence-corrected chi connectivity index (χ1v) is 5.67. The lowest BCUT2D eigenvalue weighted by molar-refractivity contribution is -0.123. The number of halogens is 1. The van der Waals surface area contributed by atoms with E-state index in [1.807, 2.05) is 32.9 Å². The molecule has 2 unspecified atom stereocenters. The van der Waals surface area contributed by atoms with Gasteiger partial charge in [0.1, 0.15) is 11.5 Å². The normalized spacial score (nSPS) is 13.6. The summed E-state index contributed by atoms with van der Waals surface area (Å²) in [4.78, 5) is 11.6. The van der Waals surface area contributed by atoms with E-state index in [4.69, 9.17) is 10.2 Å². The number of hydrogen-bond acceptors (Lipinski definition) is 3. The minimum absolute atomic E-state index is 0. The molecule has 1 aromatic heterocycles. The molecule has 17 heavy (non-hydrogen) atoms. The molecule has 3 N–H and O–H groups in total. The number of furan rings is 1. The van der Waals surface area contributed by atoms with Crippen molar-refractivity contribution in [2.75, 3.05) is 0 Å². The molecule has 98 valence electrons. The quantitative estimate of drug-likeness (QED) is 0.854. The number of carbonyl (C=O) groups is 1. The number of carbonyl (C=O) groups excluding carboxylic acids is 1. The molecule has 0 spiro atoms. The molecule has 1 amide bonds. The number of nitrogens with one attached hydrogen (secondary N) is 1. The molecule has 0 saturated heterocycles. The molecule has 0 aromatic carbocycles. The van der Waals surface area contributed by atoms with Crippen LogP contribution in [-0.2, 0) is 4.79 Å². The van der Waals surface area contributed by atoms with Crippen LogP contribution in [0.2, 0.25) is 0 Å². The molecule has 2 atom stereocenters. The Morgan fingerprint density at radius 1 is 1.53 bits per heavy atom. The van der Waals surface area contributed by atoms with E-state index in [9.17, 15) is 4.79 Å². The van der Waals surface area contributed by atoms with Crippen LogP contribution in [0.4, 0.5) is 0 Å². The van der Waals surface area contributed by atoms with E-state index in [1.54, 1.807) is 0 Å². The molecule has 0 bridgehead atoms. The maximum atomic E-state index is 11.6. The third-order valence-corrected chi connectivity index (χ3v) is 2.48. The Bertz CT molecular complexity index is 352. The van der Waals surface area contributed by atoms with Crippen LogP contribution in [0, 0.1) is 6.92 Å². The van der Waals surface area contributed by atoms with Crippen molar-refractivity contribution in [3.05, 3.63) is 23.7 Å². The highest BCUT2D eigenvalue weighted by Crippen LogP contribution is 2.15. The van der Waals surface area contributed by atoms with Crippen LogP contribution in [0.3, 0.4) is 0 Å². The van der Waals surface area contributed by atoms with Gasteiger partial charge >= 0.3 is 0 Å². The Balaban J connectivity index is 0.00000256. The molecule has 5 heteroatoms. The zero-order valence-electron chi connectivity index (χ0n) is 10.5. The Labute approximate surface area is 108 Å². The van der Waals surface area contributed by atoms with E-state index in [0.29, 0.717) is 6.42 Å². The van der Waals surface area contributed by atoms with E-state index in [1.165, 1.54) is 0 Å². The van der Waals surface area contributed by atoms with Crippen LogP contribution in [0.15, 0.2) is 16.5 Å². The second-order valence-electron chi connectivity index (χ2n) is 4.07. The maximum Gasteiger partial charge on any atom is 0.237 e. The zero-order chi connectivity index (χ0) is 12.1. The summed E-state index contributed by atoms with van der Waals surface area (Å²) in [6.45, 7) is 5.77. The van der Waals surface area contributed by atoms with Gasteiger partial charge in [0.15, 0.2) is 0 Å². The Kier molecular flexibility index (Phi) is 6.92. The van der Waals surface area contributed by atoms with E-state index < -0.39 is 6.04 Å². The Morgan fingerprint density at radius 2 is 2.18 bits per heavy atom. The molecular weight excluding hydrogens is 240 g/mol. The summed E-state index contributed by atoms with van der Waals surface area (Å²) in [6.07, 6.45) is 1.61. The number of aryl methyl sites for hydroxylation is 1. The summed E-state index contributed by atoms with van der Waals surface area (Å²) in [6, 6.07) is 3.18. The van der Waals surface area contributed by atoms with Crippen molar-refractivity contribution in [1.29, 1.82) is 0 Å². The van der Waals surface area contributed by atoms with Crippen LogP contribution >= 0.6 is 12.4 Å². The van der Waals surface area contributed by atoms with Gasteiger partial charge in [-0.2, -0.15) is 0 Å². The fraction of sp³-hybridized carbons (Fsp3) is 0.583. The van der Waals surface area contributed by atoms with E-state index >= 15 is 0 Å². The lowest BCUT2D eigenvalue weighted by Gasteiger charge is -2.15. The van der Waals surface area contributed by atoms with Gasteiger partial charge in [-0.3, -0.25) is 4.79 Å². The van der Waals surface area contributed by atoms with Gasteiger partial charge in [-0.15, -0.1) is 12.4 Å². The van der Waals surface area contributed by atoms with Crippen molar-refractivity contribution in [3.63, 3.8) is 0 Å². The summed E-state index contributed by atoms with van der Waals surface area (Å²) >= 11 is 0. The molecule has 0 aliphatic heterocycles. The predicted octanol–water partition coefficient (Wildman–Crippen LogP) is 2.31. The second-order valence-corrected chi connectivity index (χ2v) is 4.07. The molecule has 0 aliphatic rings. The van der Waals surface area contributed by atoms with Gasteiger partial charge in [0.2, 0.25) is 5.91 Å². The predicted molar refractivity (Wildman–Crippen MR) is 70.1 cm³/mol. The second kappa shape index (κ2) is 7.35. The molecule has 4 nitrogen and oxygen atoms in total. The van der Waals surface area contributed by atoms with Crippen molar-refractivity contribution in [3.8, 4) is 0 Å². The lowest BCUT2D eigenvalue weighted by Crippen LogP contribution is -2.41. The van der Waals surface area contributed by atoms with Crippen molar-refractivity contribution in [2.24, 2.45) is 5.73 Å². The third-order valence-electron chi connectivity index (χ3n) is 2.48. The smallest absolute Gasteiger partial charge is 0.237 e. The Hall–Kier alpha value is -1.00. The molecular formula is C12H21ClN2O2. The van der Waals surface area contributed by atoms with E-state index in [0.717, 1.165) is 17.9 Å². The summed E-state index contributed by atoms with van der Waals surface area (Å²) < 4.78 is 5.43. The van der Waals surface area contributed by atoms with Crippen molar-refractivity contribution in [2.45, 2.75) is 45.7 Å². The fourth-order valence-electron chi connectivity index (χ4n) is 1.52. The molecule has 0 aliphatic carbocycles. The van der Waals surface area contributed by atoms with Gasteiger partial charge in [-0.25, -0.2) is 0 Å². The first-order valence-electron chi connectivity index (χ1n) is 5.67. The van der Waals surface area contributed by atoms with Crippen molar-refractivity contribution < 1.29 is 9.21 Å². The summed E-state index contributed by atoms with van der Waals surface area (Å²) in [7, 11) is 0. The zero-order valence-corrected chi connectivity index (χ0v) is 11.3. The number of amides is 1. The number of hydrogen-bond donors (Lipinski definition) is 2. The standard InChI is InChI=1S/C12H20N2O2.ClH/c1-4-5-10(13)12(15)14-9(3)11-7-6-8(2)16-11;/h6-7,9-10H,4-5,13H2,1-3H3,(H,14,15);1H. The van der Waals surface area contributed by atoms with Crippen LogP contribution in [0.5, 0.6) is 0 Å². The highest BCUT2D eigenvalue weighted by Gasteiger charge is 2.17. The van der Waals surface area contributed by atoms with Gasteiger partial charge in [-0.1, -0.05) is 13.3 Å². The minimum atomic E-state index is -0.427. The molecule has 1 aromatic rings.